The Morgan fingerprint density at radius 3 is 2.09 bits per heavy atom. The summed E-state index contributed by atoms with van der Waals surface area (Å²) in [5.74, 6) is 3.47. The normalized spacial score (nSPS) is 10.9. The number of methoxy groups -OCH3 is 2. The summed E-state index contributed by atoms with van der Waals surface area (Å²) in [5.41, 5.74) is 2.39. The van der Waals surface area contributed by atoms with E-state index >= 15 is 0 Å². The van der Waals surface area contributed by atoms with Gasteiger partial charge in [-0.2, -0.15) is 0 Å². The fourth-order valence-corrected chi connectivity index (χ4v) is 3.42. The summed E-state index contributed by atoms with van der Waals surface area (Å²) >= 11 is 0. The Morgan fingerprint density at radius 2 is 1.48 bits per heavy atom. The number of para-hydroxylation sites is 2. The molecule has 2 heterocycles. The quantitative estimate of drug-likeness (QED) is 0.405. The molecule has 0 fully saturated rings. The van der Waals surface area contributed by atoms with Gasteiger partial charge in [-0.15, -0.1) is 0 Å². The van der Waals surface area contributed by atoms with E-state index in [1.807, 2.05) is 74.8 Å². The van der Waals surface area contributed by atoms with E-state index in [1.165, 1.54) is 0 Å². The lowest BCUT2D eigenvalue weighted by Crippen LogP contribution is -2.30. The standard InChI is InChI=1S/C25H28N6O2/c1-30(2)13-14-31(23-11-7-8-12-26-23)25-24(28-21-9-5-6-10-22(21)29-25)27-18-15-19(32-3)17-20(16-18)33-4/h5-12,15-17H,13-14H2,1-4H3,(H,27,28). The maximum absolute atomic E-state index is 5.44. The Kier molecular flexibility index (Phi) is 6.85. The molecule has 0 saturated heterocycles. The van der Waals surface area contributed by atoms with Crippen LogP contribution in [0, 0.1) is 0 Å². The zero-order valence-corrected chi connectivity index (χ0v) is 19.3. The van der Waals surface area contributed by atoms with Crippen LogP contribution < -0.4 is 19.7 Å². The van der Waals surface area contributed by atoms with E-state index in [1.54, 1.807) is 20.4 Å². The number of likely N-dealkylation sites (N-methyl/N-ethyl adjacent to an activating group) is 1. The van der Waals surface area contributed by atoms with Crippen molar-refractivity contribution in [3.05, 3.63) is 66.9 Å². The Morgan fingerprint density at radius 1 is 0.818 bits per heavy atom. The monoisotopic (exact) mass is 444 g/mol. The first kappa shape index (κ1) is 22.3. The fourth-order valence-electron chi connectivity index (χ4n) is 3.42. The lowest BCUT2D eigenvalue weighted by molar-refractivity contribution is 0.395. The van der Waals surface area contributed by atoms with Crippen LogP contribution in [-0.4, -0.2) is 61.3 Å². The van der Waals surface area contributed by atoms with Crippen molar-refractivity contribution in [2.24, 2.45) is 0 Å². The van der Waals surface area contributed by atoms with Crippen LogP contribution >= 0.6 is 0 Å². The van der Waals surface area contributed by atoms with Gasteiger partial charge in [-0.25, -0.2) is 15.0 Å². The molecule has 170 valence electrons. The van der Waals surface area contributed by atoms with Gasteiger partial charge in [0.2, 0.25) is 0 Å². The maximum atomic E-state index is 5.44. The van der Waals surface area contributed by atoms with Crippen molar-refractivity contribution >= 4 is 34.2 Å². The second kappa shape index (κ2) is 10.1. The second-order valence-electron chi connectivity index (χ2n) is 7.75. The Balaban J connectivity index is 1.85. The number of fused-ring (bicyclic) bond motifs is 1. The molecule has 8 nitrogen and oxygen atoms in total. The van der Waals surface area contributed by atoms with E-state index in [0.29, 0.717) is 29.7 Å². The average molecular weight is 445 g/mol. The van der Waals surface area contributed by atoms with E-state index in [4.69, 9.17) is 19.4 Å². The molecule has 2 aromatic heterocycles. The number of nitrogens with zero attached hydrogens (tertiary/aromatic N) is 5. The van der Waals surface area contributed by atoms with Crippen LogP contribution in [0.15, 0.2) is 66.9 Å². The summed E-state index contributed by atoms with van der Waals surface area (Å²) in [6, 6.07) is 19.3. The molecule has 0 spiro atoms. The third-order valence-corrected chi connectivity index (χ3v) is 5.12. The van der Waals surface area contributed by atoms with Crippen LogP contribution in [0.4, 0.5) is 23.1 Å². The number of pyridine rings is 1. The van der Waals surface area contributed by atoms with E-state index < -0.39 is 0 Å². The lowest BCUT2D eigenvalue weighted by Gasteiger charge is -2.26. The van der Waals surface area contributed by atoms with Crippen LogP contribution in [-0.2, 0) is 0 Å². The zero-order chi connectivity index (χ0) is 23.2. The van der Waals surface area contributed by atoms with Gasteiger partial charge in [0.15, 0.2) is 11.6 Å². The average Bonchev–Trinajstić information content (AvgIpc) is 2.84. The van der Waals surface area contributed by atoms with Gasteiger partial charge in [-0.3, -0.25) is 0 Å². The van der Waals surface area contributed by atoms with E-state index in [0.717, 1.165) is 29.1 Å². The molecule has 2 aromatic carbocycles. The third-order valence-electron chi connectivity index (χ3n) is 5.12. The highest BCUT2D eigenvalue weighted by Gasteiger charge is 2.20. The molecule has 4 rings (SSSR count). The molecule has 0 aliphatic carbocycles. The molecule has 4 aromatic rings. The van der Waals surface area contributed by atoms with Crippen LogP contribution in [0.25, 0.3) is 11.0 Å². The van der Waals surface area contributed by atoms with Gasteiger partial charge < -0.3 is 24.6 Å². The molecule has 8 heteroatoms. The molecular weight excluding hydrogens is 416 g/mol. The number of benzene rings is 2. The molecule has 0 saturated carbocycles. The maximum Gasteiger partial charge on any atom is 0.178 e. The minimum Gasteiger partial charge on any atom is -0.497 e. The number of aromatic nitrogens is 3. The first-order valence-corrected chi connectivity index (χ1v) is 10.7. The van der Waals surface area contributed by atoms with Gasteiger partial charge in [-0.1, -0.05) is 18.2 Å². The smallest absolute Gasteiger partial charge is 0.178 e. The molecule has 0 aliphatic rings. The largest absolute Gasteiger partial charge is 0.497 e. The summed E-state index contributed by atoms with van der Waals surface area (Å²) in [7, 11) is 7.35. The van der Waals surface area contributed by atoms with Gasteiger partial charge in [0.1, 0.15) is 17.3 Å². The van der Waals surface area contributed by atoms with E-state index in [2.05, 4.69) is 20.1 Å². The number of hydrogen-bond donors (Lipinski definition) is 1. The van der Waals surface area contributed by atoms with E-state index in [-0.39, 0.29) is 0 Å². The summed E-state index contributed by atoms with van der Waals surface area (Å²) in [4.78, 5) is 18.7. The van der Waals surface area contributed by atoms with E-state index in [9.17, 15) is 0 Å². The minimum absolute atomic E-state index is 0.619. The number of rotatable bonds is 9. The number of ether oxygens (including phenoxy) is 2. The predicted octanol–water partition coefficient (Wildman–Crippen LogP) is 4.49. The minimum atomic E-state index is 0.619. The topological polar surface area (TPSA) is 75.6 Å². The number of hydrogen-bond acceptors (Lipinski definition) is 8. The summed E-state index contributed by atoms with van der Waals surface area (Å²) in [6.07, 6.45) is 1.78. The molecule has 0 radical (unpaired) electrons. The van der Waals surface area contributed by atoms with Crippen LogP contribution in [0.2, 0.25) is 0 Å². The van der Waals surface area contributed by atoms with Gasteiger partial charge in [0, 0.05) is 43.2 Å². The van der Waals surface area contributed by atoms with Crippen LogP contribution in [0.3, 0.4) is 0 Å². The van der Waals surface area contributed by atoms with Crippen molar-refractivity contribution in [2.75, 3.05) is 51.6 Å². The number of anilines is 4. The molecule has 0 aliphatic heterocycles. The summed E-state index contributed by atoms with van der Waals surface area (Å²) in [5, 5.41) is 3.44. The Bertz CT molecular complexity index is 1190. The van der Waals surface area contributed by atoms with Crippen molar-refractivity contribution in [1.82, 2.24) is 19.9 Å². The third kappa shape index (κ3) is 5.30. The summed E-state index contributed by atoms with van der Waals surface area (Å²) in [6.45, 7) is 1.50. The predicted molar refractivity (Wildman–Crippen MR) is 132 cm³/mol. The molecule has 0 atom stereocenters. The van der Waals surface area contributed by atoms with Crippen molar-refractivity contribution in [2.45, 2.75) is 0 Å². The lowest BCUT2D eigenvalue weighted by atomic mass is 10.2. The second-order valence-corrected chi connectivity index (χ2v) is 7.75. The van der Waals surface area contributed by atoms with Crippen LogP contribution in [0.5, 0.6) is 11.5 Å². The number of nitrogens with one attached hydrogen (secondary N) is 1. The van der Waals surface area contributed by atoms with Gasteiger partial charge in [0.05, 0.1) is 25.3 Å². The molecule has 33 heavy (non-hydrogen) atoms. The van der Waals surface area contributed by atoms with Crippen LogP contribution in [0.1, 0.15) is 0 Å². The van der Waals surface area contributed by atoms with Crippen molar-refractivity contribution < 1.29 is 9.47 Å². The molecule has 0 unspecified atom stereocenters. The highest BCUT2D eigenvalue weighted by atomic mass is 16.5. The van der Waals surface area contributed by atoms with Gasteiger partial charge in [-0.05, 0) is 38.4 Å². The molecule has 0 amide bonds. The molecular formula is C25H28N6O2. The van der Waals surface area contributed by atoms with Crippen molar-refractivity contribution in [3.8, 4) is 11.5 Å². The van der Waals surface area contributed by atoms with Gasteiger partial charge in [0.25, 0.3) is 0 Å². The van der Waals surface area contributed by atoms with Crippen molar-refractivity contribution in [3.63, 3.8) is 0 Å². The highest BCUT2D eigenvalue weighted by molar-refractivity contribution is 5.84. The molecule has 0 bridgehead atoms. The van der Waals surface area contributed by atoms with Crippen molar-refractivity contribution in [1.29, 1.82) is 0 Å². The first-order valence-electron chi connectivity index (χ1n) is 10.7. The Hall–Kier alpha value is -3.91. The fraction of sp³-hybridized carbons (Fsp3) is 0.240. The SMILES string of the molecule is COc1cc(Nc2nc3ccccc3nc2N(CCN(C)C)c2ccccn2)cc(OC)c1. The highest BCUT2D eigenvalue weighted by Crippen LogP contribution is 2.34. The Labute approximate surface area is 193 Å². The first-order chi connectivity index (χ1) is 16.1. The summed E-state index contributed by atoms with van der Waals surface area (Å²) < 4.78 is 10.9. The molecule has 1 N–H and O–H groups in total. The van der Waals surface area contributed by atoms with Gasteiger partial charge >= 0.3 is 0 Å². The zero-order valence-electron chi connectivity index (χ0n) is 19.3.